The number of aromatic nitrogens is 2. The first kappa shape index (κ1) is 12.3. The minimum Gasteiger partial charge on any atom is -0.300 e. The summed E-state index contributed by atoms with van der Waals surface area (Å²) in [5, 5.41) is 0. The van der Waals surface area contributed by atoms with Crippen LogP contribution in [-0.2, 0) is 13.1 Å². The Morgan fingerprint density at radius 3 is 2.33 bits per heavy atom. The third-order valence-corrected chi connectivity index (χ3v) is 2.74. The summed E-state index contributed by atoms with van der Waals surface area (Å²) in [7, 11) is 0. The number of carbonyl (C=O) groups excluding carboxylic acids is 1. The molecule has 2 aromatic rings. The highest BCUT2D eigenvalue weighted by molar-refractivity contribution is 5.95. The third-order valence-electron chi connectivity index (χ3n) is 2.74. The third kappa shape index (κ3) is 2.40. The molecular formula is C13H13FN2O2. The lowest BCUT2D eigenvalue weighted by Crippen LogP contribution is -2.26. The van der Waals surface area contributed by atoms with Crippen LogP contribution in [0.25, 0.3) is 0 Å². The maximum atomic E-state index is 12.7. The van der Waals surface area contributed by atoms with E-state index in [1.54, 1.807) is 12.4 Å². The number of halogens is 1. The van der Waals surface area contributed by atoms with Crippen LogP contribution in [0.2, 0.25) is 0 Å². The van der Waals surface area contributed by atoms with Crippen LogP contribution in [0.15, 0.2) is 41.5 Å². The molecule has 0 unspecified atom stereocenters. The average molecular weight is 248 g/mol. The van der Waals surface area contributed by atoms with Crippen LogP contribution >= 0.6 is 0 Å². The van der Waals surface area contributed by atoms with Gasteiger partial charge in [-0.15, -0.1) is 0 Å². The number of imidazole rings is 1. The Morgan fingerprint density at radius 2 is 1.78 bits per heavy atom. The molecule has 0 fully saturated rings. The van der Waals surface area contributed by atoms with E-state index in [2.05, 4.69) is 0 Å². The number of rotatable bonds is 4. The molecule has 0 saturated carbocycles. The van der Waals surface area contributed by atoms with E-state index in [4.69, 9.17) is 0 Å². The SMILES string of the molecule is CCn1ccn(CC(=O)c2ccc(F)cc2)c1=O. The molecule has 1 heterocycles. The van der Waals surface area contributed by atoms with Crippen molar-refractivity contribution in [1.29, 1.82) is 0 Å². The first-order valence-electron chi connectivity index (χ1n) is 5.66. The summed E-state index contributed by atoms with van der Waals surface area (Å²) in [6.07, 6.45) is 3.22. The molecule has 18 heavy (non-hydrogen) atoms. The van der Waals surface area contributed by atoms with Crippen molar-refractivity contribution >= 4 is 5.78 Å². The minimum absolute atomic E-state index is 0.0303. The van der Waals surface area contributed by atoms with Crippen molar-refractivity contribution in [3.05, 3.63) is 58.5 Å². The van der Waals surface area contributed by atoms with Gasteiger partial charge in [0.2, 0.25) is 0 Å². The summed E-state index contributed by atoms with van der Waals surface area (Å²) in [5.41, 5.74) is 0.181. The number of Topliss-reactive ketones (excluding diaryl/α,β-unsaturated/α-hetero) is 1. The number of ketones is 1. The molecule has 5 heteroatoms. The molecule has 1 aromatic carbocycles. The first-order chi connectivity index (χ1) is 8.61. The van der Waals surface area contributed by atoms with Gasteiger partial charge in [-0.3, -0.25) is 13.9 Å². The van der Waals surface area contributed by atoms with Gasteiger partial charge in [-0.25, -0.2) is 9.18 Å². The van der Waals surface area contributed by atoms with E-state index in [9.17, 15) is 14.0 Å². The fraction of sp³-hybridized carbons (Fsp3) is 0.231. The van der Waals surface area contributed by atoms with Crippen LogP contribution in [0, 0.1) is 5.82 Å². The van der Waals surface area contributed by atoms with Crippen LogP contribution < -0.4 is 5.69 Å². The molecule has 0 radical (unpaired) electrons. The summed E-state index contributed by atoms with van der Waals surface area (Å²) in [6, 6.07) is 5.29. The molecule has 0 spiro atoms. The Kier molecular flexibility index (Phi) is 3.41. The lowest BCUT2D eigenvalue weighted by atomic mass is 10.1. The fourth-order valence-electron chi connectivity index (χ4n) is 1.70. The molecule has 0 aliphatic rings. The van der Waals surface area contributed by atoms with Crippen molar-refractivity contribution < 1.29 is 9.18 Å². The van der Waals surface area contributed by atoms with Crippen molar-refractivity contribution in [2.75, 3.05) is 0 Å². The predicted octanol–water partition coefficient (Wildman–Crippen LogP) is 1.69. The highest BCUT2D eigenvalue weighted by atomic mass is 19.1. The Morgan fingerprint density at radius 1 is 1.17 bits per heavy atom. The smallest absolute Gasteiger partial charge is 0.300 e. The molecule has 4 nitrogen and oxygen atoms in total. The zero-order valence-corrected chi connectivity index (χ0v) is 9.97. The standard InChI is InChI=1S/C13H13FN2O2/c1-2-15-7-8-16(13(15)18)9-12(17)10-3-5-11(14)6-4-10/h3-8H,2,9H2,1H3. The summed E-state index contributed by atoms with van der Waals surface area (Å²) in [6.45, 7) is 2.39. The molecule has 0 aliphatic carbocycles. The lowest BCUT2D eigenvalue weighted by Gasteiger charge is -2.01. The van der Waals surface area contributed by atoms with E-state index >= 15 is 0 Å². The normalized spacial score (nSPS) is 10.6. The van der Waals surface area contributed by atoms with E-state index in [0.29, 0.717) is 12.1 Å². The summed E-state index contributed by atoms with van der Waals surface area (Å²) in [4.78, 5) is 23.6. The molecule has 0 amide bonds. The topological polar surface area (TPSA) is 44.0 Å². The summed E-state index contributed by atoms with van der Waals surface area (Å²) >= 11 is 0. The van der Waals surface area contributed by atoms with Gasteiger partial charge in [-0.2, -0.15) is 0 Å². The van der Waals surface area contributed by atoms with Gasteiger partial charge in [0.25, 0.3) is 0 Å². The predicted molar refractivity (Wildman–Crippen MR) is 65.1 cm³/mol. The lowest BCUT2D eigenvalue weighted by molar-refractivity contribution is 0.0970. The fourth-order valence-corrected chi connectivity index (χ4v) is 1.70. The molecule has 0 bridgehead atoms. The molecule has 94 valence electrons. The van der Waals surface area contributed by atoms with Gasteiger partial charge in [0.05, 0.1) is 6.54 Å². The van der Waals surface area contributed by atoms with Gasteiger partial charge in [0, 0.05) is 24.5 Å². The van der Waals surface area contributed by atoms with Crippen LogP contribution in [0.1, 0.15) is 17.3 Å². The van der Waals surface area contributed by atoms with Crippen molar-refractivity contribution in [1.82, 2.24) is 9.13 Å². The van der Waals surface area contributed by atoms with Crippen LogP contribution in [0.3, 0.4) is 0 Å². The number of hydrogen-bond acceptors (Lipinski definition) is 2. The first-order valence-corrected chi connectivity index (χ1v) is 5.66. The van der Waals surface area contributed by atoms with E-state index in [1.165, 1.54) is 33.4 Å². The second-order valence-corrected chi connectivity index (χ2v) is 3.92. The Balaban J connectivity index is 2.18. The summed E-state index contributed by atoms with van der Waals surface area (Å²) < 4.78 is 15.6. The minimum atomic E-state index is -0.388. The molecule has 0 saturated heterocycles. The monoisotopic (exact) mass is 248 g/mol. The number of aryl methyl sites for hydroxylation is 1. The number of hydrogen-bond donors (Lipinski definition) is 0. The second-order valence-electron chi connectivity index (χ2n) is 3.92. The maximum Gasteiger partial charge on any atom is 0.328 e. The van der Waals surface area contributed by atoms with E-state index in [0.717, 1.165) is 0 Å². The zero-order chi connectivity index (χ0) is 13.1. The van der Waals surface area contributed by atoms with Gasteiger partial charge >= 0.3 is 5.69 Å². The van der Waals surface area contributed by atoms with E-state index in [-0.39, 0.29) is 23.8 Å². The molecule has 0 N–H and O–H groups in total. The Labute approximate surface area is 103 Å². The van der Waals surface area contributed by atoms with Crippen LogP contribution in [0.5, 0.6) is 0 Å². The van der Waals surface area contributed by atoms with Crippen molar-refractivity contribution in [3.8, 4) is 0 Å². The Hall–Kier alpha value is -2.17. The molecule has 0 aliphatic heterocycles. The quantitative estimate of drug-likeness (QED) is 0.773. The Bertz CT molecular complexity index is 611. The van der Waals surface area contributed by atoms with Gasteiger partial charge < -0.3 is 0 Å². The average Bonchev–Trinajstić information content (AvgIpc) is 2.71. The van der Waals surface area contributed by atoms with Crippen molar-refractivity contribution in [2.24, 2.45) is 0 Å². The molecule has 1 aromatic heterocycles. The second kappa shape index (κ2) is 5.00. The van der Waals surface area contributed by atoms with E-state index < -0.39 is 0 Å². The van der Waals surface area contributed by atoms with Crippen molar-refractivity contribution in [3.63, 3.8) is 0 Å². The molecule has 0 atom stereocenters. The zero-order valence-electron chi connectivity index (χ0n) is 9.97. The van der Waals surface area contributed by atoms with Gasteiger partial charge in [0.15, 0.2) is 5.78 Å². The van der Waals surface area contributed by atoms with Gasteiger partial charge in [-0.05, 0) is 31.2 Å². The van der Waals surface area contributed by atoms with E-state index in [1.807, 2.05) is 6.92 Å². The van der Waals surface area contributed by atoms with Crippen molar-refractivity contribution in [2.45, 2.75) is 20.0 Å². The highest BCUT2D eigenvalue weighted by Crippen LogP contribution is 2.04. The van der Waals surface area contributed by atoms with Crippen LogP contribution in [-0.4, -0.2) is 14.9 Å². The molecular weight excluding hydrogens is 235 g/mol. The van der Waals surface area contributed by atoms with Crippen LogP contribution in [0.4, 0.5) is 4.39 Å². The van der Waals surface area contributed by atoms with Gasteiger partial charge in [-0.1, -0.05) is 0 Å². The number of nitrogens with zero attached hydrogens (tertiary/aromatic N) is 2. The highest BCUT2D eigenvalue weighted by Gasteiger charge is 2.09. The van der Waals surface area contributed by atoms with Gasteiger partial charge in [0.1, 0.15) is 5.82 Å². The largest absolute Gasteiger partial charge is 0.328 e. The number of benzene rings is 1. The molecule has 2 rings (SSSR count). The summed E-state index contributed by atoms with van der Waals surface area (Å²) in [5.74, 6) is -0.605. The maximum absolute atomic E-state index is 12.7. The number of carbonyl (C=O) groups is 1.